The molecule has 3 rings (SSSR count). The van der Waals surface area contributed by atoms with Crippen LogP contribution in [0.3, 0.4) is 0 Å². The number of nitro groups is 1. The Morgan fingerprint density at radius 2 is 2.00 bits per heavy atom. The Bertz CT molecular complexity index is 868. The van der Waals surface area contributed by atoms with Crippen LogP contribution in [-0.2, 0) is 13.1 Å². The van der Waals surface area contributed by atoms with Gasteiger partial charge in [-0.15, -0.1) is 0 Å². The molecule has 1 aliphatic rings. The third-order valence-electron chi connectivity index (χ3n) is 4.11. The first-order valence-electron chi connectivity index (χ1n) is 7.41. The van der Waals surface area contributed by atoms with Crippen molar-refractivity contribution in [1.82, 2.24) is 4.90 Å². The minimum atomic E-state index is -0.506. The van der Waals surface area contributed by atoms with Gasteiger partial charge in [-0.05, 0) is 17.7 Å². The molecule has 0 atom stereocenters. The second kappa shape index (κ2) is 6.72. The molecular weight excluding hydrogens is 392 g/mol. The van der Waals surface area contributed by atoms with Gasteiger partial charge in [0.2, 0.25) is 0 Å². The molecular formula is C17H15BrN2O5. The predicted octanol–water partition coefficient (Wildman–Crippen LogP) is 3.53. The Kier molecular flexibility index (Phi) is 4.63. The summed E-state index contributed by atoms with van der Waals surface area (Å²) >= 11 is 3.33. The van der Waals surface area contributed by atoms with Crippen LogP contribution in [0.15, 0.2) is 34.8 Å². The lowest BCUT2D eigenvalue weighted by Crippen LogP contribution is -2.23. The summed E-state index contributed by atoms with van der Waals surface area (Å²) in [5, 5.41) is 11.0. The van der Waals surface area contributed by atoms with Gasteiger partial charge < -0.3 is 14.4 Å². The van der Waals surface area contributed by atoms with Crippen LogP contribution in [-0.4, -0.2) is 29.9 Å². The summed E-state index contributed by atoms with van der Waals surface area (Å²) in [5.41, 5.74) is 1.83. The number of fused-ring (bicyclic) bond motifs is 1. The number of carbonyl (C=O) groups is 1. The van der Waals surface area contributed by atoms with Crippen LogP contribution in [0, 0.1) is 10.1 Å². The summed E-state index contributed by atoms with van der Waals surface area (Å²) < 4.78 is 11.1. The Hall–Kier alpha value is -2.61. The van der Waals surface area contributed by atoms with Crippen molar-refractivity contribution in [2.24, 2.45) is 0 Å². The van der Waals surface area contributed by atoms with Crippen LogP contribution in [0.2, 0.25) is 0 Å². The lowest BCUT2D eigenvalue weighted by Gasteiger charge is -2.18. The largest absolute Gasteiger partial charge is 0.497 e. The van der Waals surface area contributed by atoms with Crippen molar-refractivity contribution in [3.63, 3.8) is 0 Å². The monoisotopic (exact) mass is 406 g/mol. The Morgan fingerprint density at radius 3 is 2.64 bits per heavy atom. The van der Waals surface area contributed by atoms with Crippen LogP contribution in [0.5, 0.6) is 11.5 Å². The molecule has 0 unspecified atom stereocenters. The second-order valence-corrected chi connectivity index (χ2v) is 6.40. The van der Waals surface area contributed by atoms with E-state index in [1.54, 1.807) is 31.3 Å². The van der Waals surface area contributed by atoms with E-state index in [0.717, 1.165) is 11.1 Å². The fraction of sp³-hybridized carbons (Fsp3) is 0.235. The molecule has 130 valence electrons. The maximum Gasteiger partial charge on any atom is 0.271 e. The molecule has 1 aliphatic heterocycles. The van der Waals surface area contributed by atoms with Crippen molar-refractivity contribution >= 4 is 27.5 Å². The van der Waals surface area contributed by atoms with E-state index in [9.17, 15) is 14.9 Å². The van der Waals surface area contributed by atoms with Gasteiger partial charge in [-0.3, -0.25) is 14.9 Å². The van der Waals surface area contributed by atoms with Crippen LogP contribution in [0.25, 0.3) is 0 Å². The van der Waals surface area contributed by atoms with Crippen LogP contribution in [0.1, 0.15) is 21.5 Å². The maximum absolute atomic E-state index is 12.7. The third-order valence-corrected chi connectivity index (χ3v) is 4.82. The number of non-ortho nitro benzene ring substituents is 1. The van der Waals surface area contributed by atoms with Crippen molar-refractivity contribution in [2.75, 3.05) is 14.2 Å². The van der Waals surface area contributed by atoms with E-state index < -0.39 is 4.92 Å². The fourth-order valence-electron chi connectivity index (χ4n) is 2.83. The molecule has 0 saturated heterocycles. The van der Waals surface area contributed by atoms with Gasteiger partial charge in [-0.2, -0.15) is 0 Å². The number of halogens is 1. The zero-order valence-corrected chi connectivity index (χ0v) is 15.2. The molecule has 0 radical (unpaired) electrons. The molecule has 0 aliphatic carbocycles. The van der Waals surface area contributed by atoms with Crippen LogP contribution < -0.4 is 9.47 Å². The normalized spacial score (nSPS) is 12.9. The highest BCUT2D eigenvalue weighted by Crippen LogP contribution is 2.35. The van der Waals surface area contributed by atoms with Gasteiger partial charge in [0.05, 0.1) is 24.7 Å². The average Bonchev–Trinajstić information content (AvgIpc) is 2.92. The maximum atomic E-state index is 12.7. The van der Waals surface area contributed by atoms with Crippen molar-refractivity contribution in [3.8, 4) is 11.5 Å². The number of methoxy groups -OCH3 is 2. The highest BCUT2D eigenvalue weighted by atomic mass is 79.9. The van der Waals surface area contributed by atoms with Gasteiger partial charge in [0.1, 0.15) is 11.5 Å². The third kappa shape index (κ3) is 3.17. The molecule has 2 aromatic carbocycles. The number of hydrogen-bond donors (Lipinski definition) is 0. The van der Waals surface area contributed by atoms with Crippen molar-refractivity contribution in [3.05, 3.63) is 61.6 Å². The lowest BCUT2D eigenvalue weighted by molar-refractivity contribution is -0.385. The number of ether oxygens (including phenoxy) is 2. The first-order valence-corrected chi connectivity index (χ1v) is 8.21. The summed E-state index contributed by atoms with van der Waals surface area (Å²) in [6, 6.07) is 8.14. The molecule has 0 saturated carbocycles. The Labute approximate surface area is 152 Å². The van der Waals surface area contributed by atoms with E-state index >= 15 is 0 Å². The quantitative estimate of drug-likeness (QED) is 0.560. The van der Waals surface area contributed by atoms with E-state index in [4.69, 9.17) is 9.47 Å². The average molecular weight is 407 g/mol. The van der Waals surface area contributed by atoms with Crippen LogP contribution >= 0.6 is 15.9 Å². The lowest BCUT2D eigenvalue weighted by atomic mass is 10.1. The van der Waals surface area contributed by atoms with Gasteiger partial charge in [0.25, 0.3) is 11.6 Å². The zero-order chi connectivity index (χ0) is 18.1. The number of amides is 1. The fourth-order valence-corrected chi connectivity index (χ4v) is 3.40. The van der Waals surface area contributed by atoms with E-state index in [-0.39, 0.29) is 11.6 Å². The van der Waals surface area contributed by atoms with Gasteiger partial charge in [-0.25, -0.2) is 0 Å². The summed E-state index contributed by atoms with van der Waals surface area (Å²) in [4.78, 5) is 24.8. The van der Waals surface area contributed by atoms with Crippen molar-refractivity contribution in [2.45, 2.75) is 13.1 Å². The summed E-state index contributed by atoms with van der Waals surface area (Å²) in [6.45, 7) is 0.711. The van der Waals surface area contributed by atoms with Gasteiger partial charge in [0.15, 0.2) is 0 Å². The molecule has 0 bridgehead atoms. The van der Waals surface area contributed by atoms with Gasteiger partial charge >= 0.3 is 0 Å². The molecule has 0 N–H and O–H groups in total. The van der Waals surface area contributed by atoms with Crippen molar-refractivity contribution < 1.29 is 19.2 Å². The minimum Gasteiger partial charge on any atom is -0.497 e. The Morgan fingerprint density at radius 1 is 1.24 bits per heavy atom. The second-order valence-electron chi connectivity index (χ2n) is 5.55. The molecule has 1 amide bonds. The number of nitro benzene ring substituents is 1. The number of hydrogen-bond acceptors (Lipinski definition) is 5. The minimum absolute atomic E-state index is 0.108. The first-order chi connectivity index (χ1) is 11.9. The molecule has 25 heavy (non-hydrogen) atoms. The van der Waals surface area contributed by atoms with Gasteiger partial charge in [-0.1, -0.05) is 15.9 Å². The molecule has 1 heterocycles. The topological polar surface area (TPSA) is 81.9 Å². The number of nitrogens with zero attached hydrogens (tertiary/aromatic N) is 2. The van der Waals surface area contributed by atoms with E-state index in [2.05, 4.69) is 15.9 Å². The Balaban J connectivity index is 1.90. The molecule has 0 fully saturated rings. The van der Waals surface area contributed by atoms with Crippen molar-refractivity contribution in [1.29, 1.82) is 0 Å². The first kappa shape index (κ1) is 17.2. The number of benzene rings is 2. The van der Waals surface area contributed by atoms with E-state index in [1.165, 1.54) is 12.1 Å². The summed E-state index contributed by atoms with van der Waals surface area (Å²) in [6.07, 6.45) is 0. The van der Waals surface area contributed by atoms with E-state index in [1.807, 2.05) is 6.07 Å². The smallest absolute Gasteiger partial charge is 0.271 e. The molecule has 0 aromatic heterocycles. The van der Waals surface area contributed by atoms with E-state index in [0.29, 0.717) is 34.6 Å². The number of rotatable bonds is 5. The van der Waals surface area contributed by atoms with Crippen LogP contribution in [0.4, 0.5) is 5.69 Å². The molecule has 2 aromatic rings. The zero-order valence-electron chi connectivity index (χ0n) is 13.6. The predicted molar refractivity (Wildman–Crippen MR) is 93.9 cm³/mol. The molecule has 7 nitrogen and oxygen atoms in total. The highest BCUT2D eigenvalue weighted by molar-refractivity contribution is 9.10. The molecule has 0 spiro atoms. The number of carbonyl (C=O) groups excluding carboxylic acids is 1. The standard InChI is InChI=1S/C17H15BrN2O5/c1-24-12-4-3-10(16(7-12)25-2)8-19-9-14-13(17(19)21)5-11(20(22)23)6-15(14)18/h3-7H,8-9H2,1-2H3. The SMILES string of the molecule is COc1ccc(CN2Cc3c(Br)cc([N+](=O)[O-])cc3C2=O)c(OC)c1. The summed E-state index contributed by atoms with van der Waals surface area (Å²) in [7, 11) is 3.12. The highest BCUT2D eigenvalue weighted by Gasteiger charge is 2.32. The summed E-state index contributed by atoms with van der Waals surface area (Å²) in [5.74, 6) is 1.04. The molecule has 8 heteroatoms. The van der Waals surface area contributed by atoms with Gasteiger partial charge in [0, 0.05) is 41.3 Å².